The third kappa shape index (κ3) is 2.29. The first-order valence-electron chi connectivity index (χ1n) is 5.73. The molecule has 0 amide bonds. The molecule has 2 aromatic heterocycles. The highest BCUT2D eigenvalue weighted by atomic mass is 79.9. The molecule has 0 aliphatic rings. The van der Waals surface area contributed by atoms with E-state index >= 15 is 0 Å². The van der Waals surface area contributed by atoms with Crippen molar-refractivity contribution in [3.05, 3.63) is 28.0 Å². The summed E-state index contributed by atoms with van der Waals surface area (Å²) in [5.74, 6) is 0.185. The monoisotopic (exact) mass is 308 g/mol. The Kier molecular flexibility index (Phi) is 3.77. The summed E-state index contributed by atoms with van der Waals surface area (Å²) in [6, 6.07) is 1.92. The zero-order valence-corrected chi connectivity index (χ0v) is 11.8. The van der Waals surface area contributed by atoms with Gasteiger partial charge in [-0.25, -0.2) is 9.67 Å². The maximum atomic E-state index is 8.70. The fourth-order valence-electron chi connectivity index (χ4n) is 1.74. The molecule has 94 valence electrons. The average molecular weight is 309 g/mol. The van der Waals surface area contributed by atoms with Crippen LogP contribution in [0.5, 0.6) is 0 Å². The van der Waals surface area contributed by atoms with Crippen LogP contribution in [0.1, 0.15) is 31.1 Å². The average Bonchev–Trinajstić information content (AvgIpc) is 2.96. The zero-order chi connectivity index (χ0) is 13.1. The highest BCUT2D eigenvalue weighted by Crippen LogP contribution is 2.22. The highest BCUT2D eigenvalue weighted by Gasteiger charge is 2.14. The lowest BCUT2D eigenvalue weighted by Gasteiger charge is -2.04. The molecule has 0 bridgehead atoms. The van der Waals surface area contributed by atoms with Crippen LogP contribution in [-0.4, -0.2) is 24.5 Å². The smallest absolute Gasteiger partial charge is 0.252 e. The van der Waals surface area contributed by atoms with Gasteiger partial charge in [0.2, 0.25) is 0 Å². The quantitative estimate of drug-likeness (QED) is 0.862. The number of aryl methyl sites for hydroxylation is 2. The Labute approximate surface area is 113 Å². The molecule has 0 aliphatic carbocycles. The van der Waals surface area contributed by atoms with Gasteiger partial charge < -0.3 is 0 Å². The van der Waals surface area contributed by atoms with Crippen molar-refractivity contribution in [2.75, 3.05) is 0 Å². The first-order chi connectivity index (χ1) is 8.69. The summed E-state index contributed by atoms with van der Waals surface area (Å²) in [5.41, 5.74) is 2.08. The van der Waals surface area contributed by atoms with Gasteiger partial charge in [-0.1, -0.05) is 6.92 Å². The minimum absolute atomic E-state index is 0.185. The fraction of sp³-hybridized carbons (Fsp3) is 0.455. The molecule has 6 nitrogen and oxygen atoms in total. The molecule has 0 unspecified atom stereocenters. The molecule has 0 spiro atoms. The maximum absolute atomic E-state index is 8.70. The van der Waals surface area contributed by atoms with Gasteiger partial charge in [0, 0.05) is 6.54 Å². The van der Waals surface area contributed by atoms with Crippen LogP contribution in [0, 0.1) is 11.3 Å². The van der Waals surface area contributed by atoms with Gasteiger partial charge in [-0.15, -0.1) is 5.10 Å². The molecule has 0 N–H and O–H groups in total. The molecule has 18 heavy (non-hydrogen) atoms. The summed E-state index contributed by atoms with van der Waals surface area (Å²) in [4.78, 5) is 3.89. The van der Waals surface area contributed by atoms with Crippen molar-refractivity contribution in [2.24, 2.45) is 0 Å². The number of aromatic nitrogens is 5. The summed E-state index contributed by atoms with van der Waals surface area (Å²) in [6.45, 7) is 5.47. The second kappa shape index (κ2) is 5.31. The Morgan fingerprint density at radius 1 is 1.39 bits per heavy atom. The van der Waals surface area contributed by atoms with E-state index in [0.29, 0.717) is 6.54 Å². The molecule has 2 rings (SSSR count). The van der Waals surface area contributed by atoms with Crippen LogP contribution in [0.3, 0.4) is 0 Å². The summed E-state index contributed by atoms with van der Waals surface area (Å²) in [5, 5.41) is 17.3. The Bertz CT molecular complexity index is 591. The molecule has 2 aromatic rings. The summed E-state index contributed by atoms with van der Waals surface area (Å²) >= 11 is 3.57. The highest BCUT2D eigenvalue weighted by molar-refractivity contribution is 9.10. The van der Waals surface area contributed by atoms with Crippen LogP contribution in [0.2, 0.25) is 0 Å². The van der Waals surface area contributed by atoms with Crippen LogP contribution < -0.4 is 0 Å². The molecular weight excluding hydrogens is 296 g/mol. The van der Waals surface area contributed by atoms with E-state index in [0.717, 1.165) is 28.8 Å². The zero-order valence-electron chi connectivity index (χ0n) is 10.3. The van der Waals surface area contributed by atoms with Crippen LogP contribution in [0.15, 0.2) is 10.8 Å². The molecule has 0 aliphatic heterocycles. The van der Waals surface area contributed by atoms with Crippen molar-refractivity contribution in [3.63, 3.8) is 0 Å². The first kappa shape index (κ1) is 12.8. The van der Waals surface area contributed by atoms with E-state index in [1.165, 1.54) is 0 Å². The van der Waals surface area contributed by atoms with E-state index in [1.54, 1.807) is 11.0 Å². The first-order valence-corrected chi connectivity index (χ1v) is 6.52. The fourth-order valence-corrected chi connectivity index (χ4v) is 2.43. The van der Waals surface area contributed by atoms with Gasteiger partial charge in [0.25, 0.3) is 5.82 Å². The Morgan fingerprint density at radius 2 is 2.17 bits per heavy atom. The van der Waals surface area contributed by atoms with E-state index in [4.69, 9.17) is 5.26 Å². The summed E-state index contributed by atoms with van der Waals surface area (Å²) in [7, 11) is 0. The minimum Gasteiger partial charge on any atom is -0.267 e. The van der Waals surface area contributed by atoms with Crippen LogP contribution in [-0.2, 0) is 19.5 Å². The van der Waals surface area contributed by atoms with Crippen molar-refractivity contribution in [3.8, 4) is 6.07 Å². The van der Waals surface area contributed by atoms with E-state index in [-0.39, 0.29) is 5.82 Å². The number of halogens is 1. The van der Waals surface area contributed by atoms with E-state index in [9.17, 15) is 0 Å². The number of nitrogens with zero attached hydrogens (tertiary/aromatic N) is 6. The lowest BCUT2D eigenvalue weighted by molar-refractivity contribution is 0.571. The largest absolute Gasteiger partial charge is 0.267 e. The third-order valence-electron chi connectivity index (χ3n) is 2.64. The molecule has 0 saturated heterocycles. The van der Waals surface area contributed by atoms with Crippen molar-refractivity contribution in [1.82, 2.24) is 24.5 Å². The van der Waals surface area contributed by atoms with Gasteiger partial charge in [-0.2, -0.15) is 10.4 Å². The van der Waals surface area contributed by atoms with Crippen LogP contribution in [0.4, 0.5) is 0 Å². The van der Waals surface area contributed by atoms with E-state index < -0.39 is 0 Å². The van der Waals surface area contributed by atoms with Crippen molar-refractivity contribution in [1.29, 1.82) is 5.26 Å². The number of hydrogen-bond donors (Lipinski definition) is 0. The Balaban J connectivity index is 2.33. The number of hydrogen-bond acceptors (Lipinski definition) is 4. The molecule has 2 heterocycles. The normalized spacial score (nSPS) is 10.6. The van der Waals surface area contributed by atoms with Crippen LogP contribution >= 0.6 is 15.9 Å². The molecule has 0 aromatic carbocycles. The van der Waals surface area contributed by atoms with E-state index in [2.05, 4.69) is 38.0 Å². The molecule has 0 radical (unpaired) electrons. The molecule has 0 fully saturated rings. The van der Waals surface area contributed by atoms with Gasteiger partial charge in [-0.3, -0.25) is 4.68 Å². The van der Waals surface area contributed by atoms with Crippen molar-refractivity contribution < 1.29 is 0 Å². The molecule has 7 heteroatoms. The van der Waals surface area contributed by atoms with Gasteiger partial charge in [-0.05, 0) is 29.3 Å². The van der Waals surface area contributed by atoms with Crippen molar-refractivity contribution >= 4 is 15.9 Å². The van der Waals surface area contributed by atoms with Gasteiger partial charge in [0.1, 0.15) is 12.4 Å². The Morgan fingerprint density at radius 3 is 2.72 bits per heavy atom. The second-order valence-electron chi connectivity index (χ2n) is 3.75. The van der Waals surface area contributed by atoms with Crippen molar-refractivity contribution in [2.45, 2.75) is 33.4 Å². The third-order valence-corrected chi connectivity index (χ3v) is 3.56. The van der Waals surface area contributed by atoms with Gasteiger partial charge in [0.05, 0.1) is 22.4 Å². The van der Waals surface area contributed by atoms with Crippen LogP contribution in [0.25, 0.3) is 0 Å². The topological polar surface area (TPSA) is 72.3 Å². The molecule has 0 saturated carbocycles. The second-order valence-corrected chi connectivity index (χ2v) is 4.55. The van der Waals surface area contributed by atoms with Gasteiger partial charge in [0.15, 0.2) is 0 Å². The lowest BCUT2D eigenvalue weighted by Crippen LogP contribution is -2.09. The molecule has 0 atom stereocenters. The number of nitriles is 1. The predicted octanol–water partition coefficient (Wildman–Crippen LogP) is 1.74. The number of rotatable bonds is 4. The standard InChI is InChI=1S/C11H13BrN6/c1-3-8-11(12)9(18(4-2)15-8)6-17-7-14-10(5-13)16-17/h7H,3-4,6H2,1-2H3. The van der Waals surface area contributed by atoms with E-state index in [1.807, 2.05) is 17.7 Å². The summed E-state index contributed by atoms with van der Waals surface area (Å²) in [6.07, 6.45) is 2.44. The molecular formula is C11H13BrN6. The SMILES string of the molecule is CCc1nn(CC)c(Cn2cnc(C#N)n2)c1Br. The minimum atomic E-state index is 0.185. The predicted molar refractivity (Wildman–Crippen MR) is 68.8 cm³/mol. The lowest BCUT2D eigenvalue weighted by atomic mass is 10.3. The van der Waals surface area contributed by atoms with Gasteiger partial charge >= 0.3 is 0 Å². The Hall–Kier alpha value is -1.68. The summed E-state index contributed by atoms with van der Waals surface area (Å²) < 4.78 is 4.60. The maximum Gasteiger partial charge on any atom is 0.252 e.